The minimum absolute atomic E-state index is 0.651. The second-order valence-electron chi connectivity index (χ2n) is 6.47. The van der Waals surface area contributed by atoms with E-state index in [1.54, 1.807) is 7.05 Å². The van der Waals surface area contributed by atoms with Gasteiger partial charge in [-0.1, -0.05) is 43.7 Å². The predicted molar refractivity (Wildman–Crippen MR) is 103 cm³/mol. The Labute approximate surface area is 152 Å². The van der Waals surface area contributed by atoms with Gasteiger partial charge in [0.1, 0.15) is 0 Å². The fraction of sp³-hybridized carbons (Fsp3) is 0.650. The van der Waals surface area contributed by atoms with Crippen LogP contribution >= 0.6 is 0 Å². The van der Waals surface area contributed by atoms with Gasteiger partial charge in [-0.25, -0.2) is 0 Å². The lowest BCUT2D eigenvalue weighted by Crippen LogP contribution is -2.40. The van der Waals surface area contributed by atoms with Crippen molar-refractivity contribution in [3.05, 3.63) is 35.9 Å². The fourth-order valence-corrected chi connectivity index (χ4v) is 2.84. The van der Waals surface area contributed by atoms with Crippen molar-refractivity contribution < 1.29 is 9.47 Å². The molecule has 0 amide bonds. The lowest BCUT2D eigenvalue weighted by Gasteiger charge is -2.12. The zero-order chi connectivity index (χ0) is 17.7. The average Bonchev–Trinajstić information content (AvgIpc) is 3.43. The molecule has 5 heteroatoms. The van der Waals surface area contributed by atoms with E-state index >= 15 is 0 Å². The van der Waals surface area contributed by atoms with Crippen molar-refractivity contribution in [1.82, 2.24) is 10.6 Å². The second kappa shape index (κ2) is 11.9. The van der Waals surface area contributed by atoms with E-state index in [1.165, 1.54) is 18.4 Å². The molecule has 1 aromatic rings. The SMILES string of the molecule is CCCCOCCOCCNC(=NC)NCC1CC1c1ccccc1. The molecule has 0 radical (unpaired) electrons. The largest absolute Gasteiger partial charge is 0.379 e. The first kappa shape index (κ1) is 19.7. The number of aliphatic imine (C=N–C) groups is 1. The van der Waals surface area contributed by atoms with Gasteiger partial charge in [-0.15, -0.1) is 0 Å². The highest BCUT2D eigenvalue weighted by atomic mass is 16.5. The maximum Gasteiger partial charge on any atom is 0.191 e. The Hall–Kier alpha value is -1.59. The van der Waals surface area contributed by atoms with Crippen LogP contribution < -0.4 is 10.6 Å². The van der Waals surface area contributed by atoms with E-state index in [-0.39, 0.29) is 0 Å². The molecule has 2 unspecified atom stereocenters. The van der Waals surface area contributed by atoms with Crippen LogP contribution in [0, 0.1) is 5.92 Å². The van der Waals surface area contributed by atoms with E-state index in [9.17, 15) is 0 Å². The van der Waals surface area contributed by atoms with Crippen LogP contribution in [0.3, 0.4) is 0 Å². The van der Waals surface area contributed by atoms with Gasteiger partial charge in [-0.3, -0.25) is 4.99 Å². The number of unbranched alkanes of at least 4 members (excludes halogenated alkanes) is 1. The summed E-state index contributed by atoms with van der Waals surface area (Å²) in [5.74, 6) is 2.25. The van der Waals surface area contributed by atoms with Crippen LogP contribution in [-0.2, 0) is 9.47 Å². The van der Waals surface area contributed by atoms with E-state index in [0.29, 0.717) is 31.7 Å². The Morgan fingerprint density at radius 2 is 1.84 bits per heavy atom. The van der Waals surface area contributed by atoms with Gasteiger partial charge in [-0.05, 0) is 30.2 Å². The van der Waals surface area contributed by atoms with E-state index in [2.05, 4.69) is 52.9 Å². The first-order chi connectivity index (χ1) is 12.3. The molecular formula is C20H33N3O2. The molecule has 1 saturated carbocycles. The molecule has 0 aliphatic heterocycles. The third kappa shape index (κ3) is 7.88. The summed E-state index contributed by atoms with van der Waals surface area (Å²) in [5.41, 5.74) is 1.45. The van der Waals surface area contributed by atoms with Crippen molar-refractivity contribution in [3.63, 3.8) is 0 Å². The molecule has 1 aromatic carbocycles. The Morgan fingerprint density at radius 1 is 1.08 bits per heavy atom. The monoisotopic (exact) mass is 347 g/mol. The Kier molecular flexibility index (Phi) is 9.37. The molecule has 1 aliphatic carbocycles. The zero-order valence-electron chi connectivity index (χ0n) is 15.7. The standard InChI is InChI=1S/C20H33N3O2/c1-3-4-11-24-13-14-25-12-10-22-20(21-2)23-16-18-15-19(18)17-8-6-5-7-9-17/h5-9,18-19H,3-4,10-16H2,1-2H3,(H2,21,22,23). The van der Waals surface area contributed by atoms with E-state index in [0.717, 1.165) is 32.1 Å². The molecule has 0 saturated heterocycles. The quantitative estimate of drug-likeness (QED) is 0.347. The number of ether oxygens (including phenoxy) is 2. The number of rotatable bonds is 12. The molecule has 0 bridgehead atoms. The van der Waals surface area contributed by atoms with Crippen molar-refractivity contribution in [3.8, 4) is 0 Å². The lowest BCUT2D eigenvalue weighted by atomic mass is 10.1. The molecule has 2 atom stereocenters. The molecule has 0 heterocycles. The molecular weight excluding hydrogens is 314 g/mol. The smallest absolute Gasteiger partial charge is 0.191 e. The normalized spacial score (nSPS) is 19.7. The van der Waals surface area contributed by atoms with Gasteiger partial charge in [0, 0.05) is 26.7 Å². The van der Waals surface area contributed by atoms with Crippen LogP contribution in [0.25, 0.3) is 0 Å². The van der Waals surface area contributed by atoms with Gasteiger partial charge in [0.15, 0.2) is 5.96 Å². The topological polar surface area (TPSA) is 54.9 Å². The van der Waals surface area contributed by atoms with E-state index in [1.807, 2.05) is 0 Å². The summed E-state index contributed by atoms with van der Waals surface area (Å²) in [7, 11) is 1.80. The van der Waals surface area contributed by atoms with Crippen LogP contribution in [0.4, 0.5) is 0 Å². The summed E-state index contributed by atoms with van der Waals surface area (Å²) < 4.78 is 11.0. The number of nitrogens with zero attached hydrogens (tertiary/aromatic N) is 1. The van der Waals surface area contributed by atoms with Crippen LogP contribution in [0.5, 0.6) is 0 Å². The van der Waals surface area contributed by atoms with Crippen LogP contribution in [0.15, 0.2) is 35.3 Å². The van der Waals surface area contributed by atoms with Gasteiger partial charge in [0.25, 0.3) is 0 Å². The number of benzene rings is 1. The number of hydrogen-bond acceptors (Lipinski definition) is 3. The third-order valence-corrected chi connectivity index (χ3v) is 4.46. The maximum absolute atomic E-state index is 5.55. The number of nitrogens with one attached hydrogen (secondary N) is 2. The molecule has 2 N–H and O–H groups in total. The average molecular weight is 348 g/mol. The predicted octanol–water partition coefficient (Wildman–Crippen LogP) is 2.79. The molecule has 0 spiro atoms. The highest BCUT2D eigenvalue weighted by Gasteiger charge is 2.37. The van der Waals surface area contributed by atoms with Crippen molar-refractivity contribution in [2.45, 2.75) is 32.1 Å². The number of hydrogen-bond donors (Lipinski definition) is 2. The zero-order valence-corrected chi connectivity index (χ0v) is 15.7. The molecule has 25 heavy (non-hydrogen) atoms. The van der Waals surface area contributed by atoms with Crippen molar-refractivity contribution in [2.75, 3.05) is 46.6 Å². The summed E-state index contributed by atoms with van der Waals surface area (Å²) in [6.45, 7) is 6.70. The Balaban J connectivity index is 1.48. The molecule has 2 rings (SSSR count). The van der Waals surface area contributed by atoms with Gasteiger partial charge >= 0.3 is 0 Å². The van der Waals surface area contributed by atoms with Crippen LogP contribution in [-0.4, -0.2) is 52.5 Å². The molecule has 0 aromatic heterocycles. The molecule has 1 fully saturated rings. The van der Waals surface area contributed by atoms with Gasteiger partial charge < -0.3 is 20.1 Å². The van der Waals surface area contributed by atoms with Gasteiger partial charge in [-0.2, -0.15) is 0 Å². The lowest BCUT2D eigenvalue weighted by molar-refractivity contribution is 0.0487. The van der Waals surface area contributed by atoms with Crippen molar-refractivity contribution >= 4 is 5.96 Å². The second-order valence-corrected chi connectivity index (χ2v) is 6.47. The summed E-state index contributed by atoms with van der Waals surface area (Å²) in [5, 5.41) is 6.71. The number of guanidine groups is 1. The summed E-state index contributed by atoms with van der Waals surface area (Å²) in [4.78, 5) is 4.27. The van der Waals surface area contributed by atoms with Gasteiger partial charge in [0.05, 0.1) is 19.8 Å². The Bertz CT molecular complexity index is 493. The molecule has 140 valence electrons. The van der Waals surface area contributed by atoms with Gasteiger partial charge in [0.2, 0.25) is 0 Å². The highest BCUT2D eigenvalue weighted by Crippen LogP contribution is 2.46. The van der Waals surface area contributed by atoms with Crippen molar-refractivity contribution in [2.24, 2.45) is 10.9 Å². The Morgan fingerprint density at radius 3 is 2.56 bits per heavy atom. The first-order valence-corrected chi connectivity index (χ1v) is 9.50. The third-order valence-electron chi connectivity index (χ3n) is 4.46. The van der Waals surface area contributed by atoms with Crippen LogP contribution in [0.2, 0.25) is 0 Å². The van der Waals surface area contributed by atoms with E-state index < -0.39 is 0 Å². The minimum atomic E-state index is 0.651. The molecule has 1 aliphatic rings. The van der Waals surface area contributed by atoms with Crippen LogP contribution in [0.1, 0.15) is 37.7 Å². The first-order valence-electron chi connectivity index (χ1n) is 9.50. The molecule has 5 nitrogen and oxygen atoms in total. The summed E-state index contributed by atoms with van der Waals surface area (Å²) >= 11 is 0. The highest BCUT2D eigenvalue weighted by molar-refractivity contribution is 5.79. The summed E-state index contributed by atoms with van der Waals surface area (Å²) in [6.07, 6.45) is 3.55. The summed E-state index contributed by atoms with van der Waals surface area (Å²) in [6, 6.07) is 10.8. The van der Waals surface area contributed by atoms with E-state index in [4.69, 9.17) is 9.47 Å². The minimum Gasteiger partial charge on any atom is -0.379 e. The fourth-order valence-electron chi connectivity index (χ4n) is 2.84. The van der Waals surface area contributed by atoms with Crippen molar-refractivity contribution in [1.29, 1.82) is 0 Å². The maximum atomic E-state index is 5.55.